The molecule has 1 atom stereocenters. The van der Waals surface area contributed by atoms with E-state index in [0.717, 1.165) is 55.7 Å². The van der Waals surface area contributed by atoms with Gasteiger partial charge in [-0.25, -0.2) is 0 Å². The molecule has 0 saturated carbocycles. The molecule has 8 nitrogen and oxygen atoms in total. The summed E-state index contributed by atoms with van der Waals surface area (Å²) in [5.74, 6) is 3.11. The minimum absolute atomic E-state index is 0.0332. The lowest BCUT2D eigenvalue weighted by molar-refractivity contribution is -1.02. The average molecular weight is 428 g/mol. The van der Waals surface area contributed by atoms with E-state index in [1.54, 1.807) is 0 Å². The van der Waals surface area contributed by atoms with Gasteiger partial charge in [-0.3, -0.25) is 4.79 Å². The van der Waals surface area contributed by atoms with Crippen molar-refractivity contribution in [2.75, 3.05) is 51.5 Å². The first kappa shape index (κ1) is 20.0. The second-order valence-electron chi connectivity index (χ2n) is 8.34. The summed E-state index contributed by atoms with van der Waals surface area (Å²) in [6.45, 7) is 8.36. The number of quaternary nitrogens is 2. The van der Waals surface area contributed by atoms with E-state index in [9.17, 15) is 4.79 Å². The zero-order valence-corrected chi connectivity index (χ0v) is 17.7. The van der Waals surface area contributed by atoms with E-state index in [4.69, 9.17) is 18.9 Å². The largest absolute Gasteiger partial charge is 0.486 e. The first-order valence-corrected chi connectivity index (χ1v) is 10.9. The Kier molecular flexibility index (Phi) is 5.57. The van der Waals surface area contributed by atoms with Crippen LogP contribution in [0.15, 0.2) is 36.4 Å². The minimum atomic E-state index is -0.111. The summed E-state index contributed by atoms with van der Waals surface area (Å²) in [5, 5.41) is 3.04. The van der Waals surface area contributed by atoms with Crippen molar-refractivity contribution in [2.24, 2.45) is 0 Å². The fourth-order valence-corrected chi connectivity index (χ4v) is 4.43. The van der Waals surface area contributed by atoms with Crippen LogP contribution in [0, 0.1) is 0 Å². The molecule has 3 heterocycles. The van der Waals surface area contributed by atoms with Crippen LogP contribution in [0.25, 0.3) is 0 Å². The van der Waals surface area contributed by atoms with E-state index in [1.165, 1.54) is 15.4 Å². The van der Waals surface area contributed by atoms with Crippen molar-refractivity contribution in [3.63, 3.8) is 0 Å². The highest BCUT2D eigenvalue weighted by molar-refractivity contribution is 5.93. The maximum atomic E-state index is 12.8. The monoisotopic (exact) mass is 427 g/mol. The maximum Gasteiger partial charge on any atom is 0.282 e. The molecular formula is C23H29N3O5+2. The molecule has 0 aromatic heterocycles. The van der Waals surface area contributed by atoms with Gasteiger partial charge in [0.25, 0.3) is 5.91 Å². The molecule has 1 saturated heterocycles. The normalized spacial score (nSPS) is 22.6. The van der Waals surface area contributed by atoms with Gasteiger partial charge in [-0.15, -0.1) is 0 Å². The van der Waals surface area contributed by atoms with Crippen LogP contribution in [0.2, 0.25) is 0 Å². The van der Waals surface area contributed by atoms with Crippen molar-refractivity contribution < 1.29 is 33.5 Å². The number of hydrogen-bond acceptors (Lipinski definition) is 5. The number of amides is 1. The van der Waals surface area contributed by atoms with Crippen LogP contribution in [0.1, 0.15) is 12.5 Å². The average Bonchev–Trinajstić information content (AvgIpc) is 3.27. The van der Waals surface area contributed by atoms with Crippen molar-refractivity contribution >= 4 is 11.6 Å². The van der Waals surface area contributed by atoms with Crippen LogP contribution in [-0.4, -0.2) is 58.1 Å². The first-order valence-electron chi connectivity index (χ1n) is 10.9. The highest BCUT2D eigenvalue weighted by Gasteiger charge is 2.31. The Hall–Kier alpha value is -2.97. The van der Waals surface area contributed by atoms with E-state index in [0.29, 0.717) is 25.8 Å². The van der Waals surface area contributed by atoms with Gasteiger partial charge in [-0.2, -0.15) is 0 Å². The van der Waals surface area contributed by atoms with Crippen molar-refractivity contribution in [1.29, 1.82) is 0 Å². The van der Waals surface area contributed by atoms with Crippen LogP contribution in [-0.2, 0) is 11.3 Å². The number of ether oxygens (including phenoxy) is 4. The summed E-state index contributed by atoms with van der Waals surface area (Å²) in [6.07, 6.45) is 0. The smallest absolute Gasteiger partial charge is 0.282 e. The molecule has 2 aromatic carbocycles. The molecule has 0 spiro atoms. The molecular weight excluding hydrogens is 398 g/mol. The number of anilines is 1. The number of hydrogen-bond donors (Lipinski definition) is 3. The number of carbonyl (C=O) groups excluding carboxylic acids is 1. The molecule has 3 aliphatic heterocycles. The van der Waals surface area contributed by atoms with Crippen LogP contribution < -0.4 is 34.1 Å². The van der Waals surface area contributed by atoms with Crippen molar-refractivity contribution in [3.05, 3.63) is 42.0 Å². The number of rotatable bonds is 5. The van der Waals surface area contributed by atoms with Crippen molar-refractivity contribution in [3.8, 4) is 23.0 Å². The zero-order chi connectivity index (χ0) is 21.2. The Bertz CT molecular complexity index is 958. The van der Waals surface area contributed by atoms with E-state index in [2.05, 4.69) is 17.4 Å². The summed E-state index contributed by atoms with van der Waals surface area (Å²) < 4.78 is 22.0. The van der Waals surface area contributed by atoms with E-state index in [-0.39, 0.29) is 11.9 Å². The lowest BCUT2D eigenvalue weighted by Gasteiger charge is -2.32. The molecule has 2 aromatic rings. The van der Waals surface area contributed by atoms with E-state index < -0.39 is 0 Å². The molecule has 3 aliphatic rings. The van der Waals surface area contributed by atoms with Gasteiger partial charge in [0.2, 0.25) is 6.79 Å². The number of nitrogens with one attached hydrogen (secondary N) is 3. The Morgan fingerprint density at radius 2 is 1.58 bits per heavy atom. The van der Waals surface area contributed by atoms with E-state index in [1.807, 2.05) is 31.2 Å². The third-order valence-corrected chi connectivity index (χ3v) is 6.31. The topological polar surface area (TPSA) is 74.9 Å². The summed E-state index contributed by atoms with van der Waals surface area (Å²) in [6, 6.07) is 11.6. The highest BCUT2D eigenvalue weighted by Crippen LogP contribution is 2.33. The SMILES string of the molecule is C[C@H](C(=O)Nc1ccc2c(c1)OCCO2)[NH+]1CC[NH+](Cc2ccc3c(c2)OCO3)CC1. The Balaban J connectivity index is 1.13. The van der Waals surface area contributed by atoms with Crippen LogP contribution >= 0.6 is 0 Å². The fourth-order valence-electron chi connectivity index (χ4n) is 4.43. The summed E-state index contributed by atoms with van der Waals surface area (Å²) in [4.78, 5) is 15.7. The van der Waals surface area contributed by atoms with Gasteiger partial charge in [0.05, 0.1) is 0 Å². The van der Waals surface area contributed by atoms with Gasteiger partial charge in [-0.05, 0) is 37.3 Å². The lowest BCUT2D eigenvalue weighted by Crippen LogP contribution is -3.29. The van der Waals surface area contributed by atoms with Gasteiger partial charge < -0.3 is 34.1 Å². The molecule has 0 radical (unpaired) electrons. The zero-order valence-electron chi connectivity index (χ0n) is 17.7. The molecule has 8 heteroatoms. The van der Waals surface area contributed by atoms with E-state index >= 15 is 0 Å². The van der Waals surface area contributed by atoms with Crippen molar-refractivity contribution in [1.82, 2.24) is 0 Å². The molecule has 0 aliphatic carbocycles. The summed E-state index contributed by atoms with van der Waals surface area (Å²) in [5.41, 5.74) is 2.00. The number of fused-ring (bicyclic) bond motifs is 2. The number of carbonyl (C=O) groups is 1. The summed E-state index contributed by atoms with van der Waals surface area (Å²) in [7, 11) is 0. The third kappa shape index (κ3) is 4.40. The minimum Gasteiger partial charge on any atom is -0.486 e. The molecule has 31 heavy (non-hydrogen) atoms. The Morgan fingerprint density at radius 3 is 2.42 bits per heavy atom. The molecule has 3 N–H and O–H groups in total. The second kappa shape index (κ2) is 8.64. The van der Waals surface area contributed by atoms with Gasteiger partial charge >= 0.3 is 0 Å². The predicted octanol–water partition coefficient (Wildman–Crippen LogP) is -0.503. The van der Waals surface area contributed by atoms with Gasteiger partial charge in [0.1, 0.15) is 45.9 Å². The standard InChI is InChI=1S/C23H27N3O5/c1-16(23(27)24-18-3-5-19-22(13-18)29-11-10-28-19)26-8-6-25(7-9-26)14-17-2-4-20-21(12-17)31-15-30-20/h2-5,12-13,16H,6-11,14-15H2,1H3,(H,24,27)/p+2/t16-/m1/s1. The molecule has 5 rings (SSSR count). The van der Waals surface area contributed by atoms with Gasteiger partial charge in [0, 0.05) is 17.3 Å². The van der Waals surface area contributed by atoms with Gasteiger partial charge in [0.15, 0.2) is 29.0 Å². The Labute approximate surface area is 181 Å². The quantitative estimate of drug-likeness (QED) is 0.600. The fraction of sp³-hybridized carbons (Fsp3) is 0.435. The third-order valence-electron chi connectivity index (χ3n) is 6.31. The molecule has 164 valence electrons. The lowest BCUT2D eigenvalue weighted by atomic mass is 10.1. The number of piperazine rings is 1. The van der Waals surface area contributed by atoms with Crippen LogP contribution in [0.4, 0.5) is 5.69 Å². The molecule has 0 unspecified atom stereocenters. The predicted molar refractivity (Wildman–Crippen MR) is 113 cm³/mol. The Morgan fingerprint density at radius 1 is 0.903 bits per heavy atom. The molecule has 1 amide bonds. The van der Waals surface area contributed by atoms with Crippen LogP contribution in [0.3, 0.4) is 0 Å². The van der Waals surface area contributed by atoms with Crippen LogP contribution in [0.5, 0.6) is 23.0 Å². The van der Waals surface area contributed by atoms with Crippen molar-refractivity contribution in [2.45, 2.75) is 19.5 Å². The maximum absolute atomic E-state index is 12.8. The molecule has 0 bridgehead atoms. The second-order valence-corrected chi connectivity index (χ2v) is 8.34. The van der Waals surface area contributed by atoms with Gasteiger partial charge in [-0.1, -0.05) is 0 Å². The molecule has 1 fully saturated rings. The number of benzene rings is 2. The highest BCUT2D eigenvalue weighted by atomic mass is 16.7. The first-order chi connectivity index (χ1) is 15.2. The summed E-state index contributed by atoms with van der Waals surface area (Å²) >= 11 is 0.